The maximum Gasteiger partial charge on any atom is 0.251 e. The van der Waals surface area contributed by atoms with Gasteiger partial charge >= 0.3 is 0 Å². The molecule has 0 bridgehead atoms. The molecule has 0 aliphatic carbocycles. The van der Waals surface area contributed by atoms with Gasteiger partial charge < -0.3 is 15.2 Å². The van der Waals surface area contributed by atoms with Gasteiger partial charge in [-0.25, -0.2) is 0 Å². The Morgan fingerprint density at radius 2 is 2.00 bits per heavy atom. The van der Waals surface area contributed by atoms with Crippen LogP contribution in [-0.4, -0.2) is 23.7 Å². The molecule has 4 nitrogen and oxygen atoms in total. The van der Waals surface area contributed by atoms with Crippen molar-refractivity contribution < 1.29 is 14.6 Å². The fourth-order valence-corrected chi connectivity index (χ4v) is 2.77. The Hall–Kier alpha value is -1.85. The fourth-order valence-electron chi connectivity index (χ4n) is 1.98. The number of amides is 1. The zero-order valence-electron chi connectivity index (χ0n) is 13.0. The summed E-state index contributed by atoms with van der Waals surface area (Å²) in [5, 5.41) is 15.1. The van der Waals surface area contributed by atoms with Crippen molar-refractivity contribution in [2.24, 2.45) is 0 Å². The van der Waals surface area contributed by atoms with E-state index >= 15 is 0 Å². The summed E-state index contributed by atoms with van der Waals surface area (Å²) in [5.41, 5.74) is -0.525. The number of nitrogens with one attached hydrogen (secondary N) is 1. The number of carbonyl (C=O) groups is 1. The second-order valence-electron chi connectivity index (χ2n) is 5.62. The lowest BCUT2D eigenvalue weighted by Crippen LogP contribution is -2.38. The van der Waals surface area contributed by atoms with Crippen LogP contribution in [0.2, 0.25) is 0 Å². The highest BCUT2D eigenvalue weighted by molar-refractivity contribution is 7.10. The molecule has 1 amide bonds. The molecule has 0 aliphatic heterocycles. The molecule has 118 valence electrons. The first-order chi connectivity index (χ1) is 10.4. The minimum Gasteiger partial charge on any atom is -0.491 e. The summed E-state index contributed by atoms with van der Waals surface area (Å²) < 4.78 is 5.54. The van der Waals surface area contributed by atoms with Crippen LogP contribution in [0.5, 0.6) is 5.75 Å². The Bertz CT molecular complexity index is 603. The summed E-state index contributed by atoms with van der Waals surface area (Å²) in [4.78, 5) is 13.0. The zero-order chi connectivity index (χ0) is 16.2. The average Bonchev–Trinajstić information content (AvgIpc) is 3.00. The first-order valence-corrected chi connectivity index (χ1v) is 8.08. The topological polar surface area (TPSA) is 58.6 Å². The molecular formula is C17H21NO3S. The van der Waals surface area contributed by atoms with Crippen molar-refractivity contribution >= 4 is 17.2 Å². The number of carbonyl (C=O) groups excluding carboxylic acids is 1. The molecule has 1 aromatic carbocycles. The second-order valence-corrected chi connectivity index (χ2v) is 6.57. The highest BCUT2D eigenvalue weighted by Gasteiger charge is 2.25. The molecule has 2 aromatic rings. The molecule has 5 heteroatoms. The number of hydrogen-bond acceptors (Lipinski definition) is 4. The average molecular weight is 319 g/mol. The largest absolute Gasteiger partial charge is 0.491 e. The van der Waals surface area contributed by atoms with Crippen molar-refractivity contribution in [2.75, 3.05) is 6.54 Å². The SMILES string of the molecule is CC(C)Oc1ccc(C(=O)NC[C@@](C)(O)c2cccs2)cc1. The summed E-state index contributed by atoms with van der Waals surface area (Å²) >= 11 is 1.47. The first kappa shape index (κ1) is 16.5. The molecule has 0 aliphatic rings. The first-order valence-electron chi connectivity index (χ1n) is 7.20. The highest BCUT2D eigenvalue weighted by atomic mass is 32.1. The number of ether oxygens (including phenoxy) is 1. The van der Waals surface area contributed by atoms with E-state index in [4.69, 9.17) is 4.74 Å². The molecule has 0 unspecified atom stereocenters. The minimum absolute atomic E-state index is 0.0977. The number of thiophene rings is 1. The van der Waals surface area contributed by atoms with Crippen LogP contribution in [0.3, 0.4) is 0 Å². The molecule has 0 saturated heterocycles. The normalized spacial score (nSPS) is 13.7. The van der Waals surface area contributed by atoms with Crippen LogP contribution in [0.25, 0.3) is 0 Å². The number of hydrogen-bond donors (Lipinski definition) is 2. The van der Waals surface area contributed by atoms with E-state index in [-0.39, 0.29) is 18.6 Å². The van der Waals surface area contributed by atoms with Gasteiger partial charge in [-0.2, -0.15) is 0 Å². The van der Waals surface area contributed by atoms with Crippen molar-refractivity contribution in [2.45, 2.75) is 32.5 Å². The van der Waals surface area contributed by atoms with Crippen LogP contribution in [0.1, 0.15) is 36.0 Å². The molecule has 22 heavy (non-hydrogen) atoms. The van der Waals surface area contributed by atoms with Gasteiger partial charge in [0.15, 0.2) is 0 Å². The number of aliphatic hydroxyl groups is 1. The van der Waals surface area contributed by atoms with E-state index in [9.17, 15) is 9.90 Å². The minimum atomic E-state index is -1.06. The quantitative estimate of drug-likeness (QED) is 0.860. The lowest BCUT2D eigenvalue weighted by atomic mass is 10.1. The van der Waals surface area contributed by atoms with Crippen LogP contribution >= 0.6 is 11.3 Å². The van der Waals surface area contributed by atoms with E-state index in [1.54, 1.807) is 31.2 Å². The molecule has 0 saturated carbocycles. The Kier molecular flexibility index (Phi) is 5.21. The van der Waals surface area contributed by atoms with Crippen molar-refractivity contribution in [3.05, 3.63) is 52.2 Å². The summed E-state index contributed by atoms with van der Waals surface area (Å²) in [6, 6.07) is 10.7. The molecule has 2 rings (SSSR count). The van der Waals surface area contributed by atoms with Gasteiger partial charge in [-0.3, -0.25) is 4.79 Å². The van der Waals surface area contributed by atoms with E-state index in [0.29, 0.717) is 5.56 Å². The molecule has 1 atom stereocenters. The van der Waals surface area contributed by atoms with Crippen LogP contribution in [0.4, 0.5) is 0 Å². The Labute approximate surface area is 134 Å². The third-order valence-corrected chi connectivity index (χ3v) is 4.26. The third-order valence-electron chi connectivity index (χ3n) is 3.13. The standard InChI is InChI=1S/C17H21NO3S/c1-12(2)21-14-8-6-13(7-9-14)16(19)18-11-17(3,20)15-5-4-10-22-15/h4-10,12,20H,11H2,1-3H3,(H,18,19)/t17-/m1/s1. The fraction of sp³-hybridized carbons (Fsp3) is 0.353. The Morgan fingerprint density at radius 3 is 2.55 bits per heavy atom. The molecule has 0 radical (unpaired) electrons. The van der Waals surface area contributed by atoms with Crippen LogP contribution in [0.15, 0.2) is 41.8 Å². The van der Waals surface area contributed by atoms with Crippen LogP contribution < -0.4 is 10.1 Å². The van der Waals surface area contributed by atoms with E-state index in [1.165, 1.54) is 11.3 Å². The van der Waals surface area contributed by atoms with Gasteiger partial charge in [-0.15, -0.1) is 11.3 Å². The van der Waals surface area contributed by atoms with E-state index in [1.807, 2.05) is 31.4 Å². The number of benzene rings is 1. The van der Waals surface area contributed by atoms with E-state index in [0.717, 1.165) is 10.6 Å². The van der Waals surface area contributed by atoms with Crippen molar-refractivity contribution in [1.82, 2.24) is 5.32 Å². The zero-order valence-corrected chi connectivity index (χ0v) is 13.8. The van der Waals surface area contributed by atoms with E-state index in [2.05, 4.69) is 5.32 Å². The summed E-state index contributed by atoms with van der Waals surface area (Å²) in [5.74, 6) is 0.519. The predicted octanol–water partition coefficient (Wildman–Crippen LogP) is 3.17. The van der Waals surface area contributed by atoms with Gasteiger partial charge in [0.2, 0.25) is 0 Å². The molecule has 0 fully saturated rings. The van der Waals surface area contributed by atoms with Crippen molar-refractivity contribution in [3.8, 4) is 5.75 Å². The lowest BCUT2D eigenvalue weighted by molar-refractivity contribution is 0.0556. The molecular weight excluding hydrogens is 298 g/mol. The van der Waals surface area contributed by atoms with Crippen LogP contribution in [-0.2, 0) is 5.60 Å². The summed E-state index contributed by atoms with van der Waals surface area (Å²) in [6.07, 6.45) is 0.0977. The van der Waals surface area contributed by atoms with Crippen LogP contribution in [0, 0.1) is 0 Å². The van der Waals surface area contributed by atoms with Crippen molar-refractivity contribution in [1.29, 1.82) is 0 Å². The summed E-state index contributed by atoms with van der Waals surface area (Å²) in [6.45, 7) is 5.76. The highest BCUT2D eigenvalue weighted by Crippen LogP contribution is 2.24. The van der Waals surface area contributed by atoms with Gasteiger partial charge in [0.1, 0.15) is 11.4 Å². The van der Waals surface area contributed by atoms with Gasteiger partial charge in [0, 0.05) is 10.4 Å². The maximum atomic E-state index is 12.1. The predicted molar refractivity (Wildman–Crippen MR) is 88.4 cm³/mol. The van der Waals surface area contributed by atoms with Gasteiger partial charge in [-0.05, 0) is 56.5 Å². The second kappa shape index (κ2) is 6.94. The van der Waals surface area contributed by atoms with Crippen molar-refractivity contribution in [3.63, 3.8) is 0 Å². The monoisotopic (exact) mass is 319 g/mol. The molecule has 1 aromatic heterocycles. The maximum absolute atomic E-state index is 12.1. The number of rotatable bonds is 6. The van der Waals surface area contributed by atoms with Gasteiger partial charge in [0.25, 0.3) is 5.91 Å². The summed E-state index contributed by atoms with van der Waals surface area (Å²) in [7, 11) is 0. The smallest absolute Gasteiger partial charge is 0.251 e. The third kappa shape index (κ3) is 4.32. The van der Waals surface area contributed by atoms with E-state index < -0.39 is 5.60 Å². The molecule has 0 spiro atoms. The van der Waals surface area contributed by atoms with Gasteiger partial charge in [0.05, 0.1) is 12.6 Å². The van der Waals surface area contributed by atoms with Gasteiger partial charge in [-0.1, -0.05) is 6.07 Å². The lowest BCUT2D eigenvalue weighted by Gasteiger charge is -2.22. The molecule has 1 heterocycles. The Morgan fingerprint density at radius 1 is 1.32 bits per heavy atom. The molecule has 2 N–H and O–H groups in total. The Balaban J connectivity index is 1.95.